The second-order valence-electron chi connectivity index (χ2n) is 6.53. The molecule has 0 unspecified atom stereocenters. The first-order chi connectivity index (χ1) is 12.9. The van der Waals surface area contributed by atoms with Crippen molar-refractivity contribution in [2.24, 2.45) is 4.99 Å². The van der Waals surface area contributed by atoms with Crippen molar-refractivity contribution in [3.63, 3.8) is 0 Å². The summed E-state index contributed by atoms with van der Waals surface area (Å²) in [5.74, 6) is 0. The number of aliphatic imine (C=N–C) groups is 1. The zero-order valence-corrected chi connectivity index (χ0v) is 15.0. The summed E-state index contributed by atoms with van der Waals surface area (Å²) in [4.78, 5) is 9.41. The quantitative estimate of drug-likeness (QED) is 0.793. The maximum Gasteiger partial charge on any atom is 0.0642 e. The van der Waals surface area contributed by atoms with Crippen LogP contribution in [0.25, 0.3) is 0 Å². The first kappa shape index (κ1) is 17.1. The van der Waals surface area contributed by atoms with Crippen molar-refractivity contribution in [2.75, 3.05) is 62.4 Å². The molecule has 2 saturated heterocycles. The van der Waals surface area contributed by atoms with E-state index in [4.69, 9.17) is 14.5 Å². The Morgan fingerprint density at radius 3 is 2.04 bits per heavy atom. The highest BCUT2D eigenvalue weighted by molar-refractivity contribution is 5.89. The molecule has 0 aromatic heterocycles. The predicted octanol–water partition coefficient (Wildman–Crippen LogP) is 3.11. The van der Waals surface area contributed by atoms with E-state index in [0.29, 0.717) is 0 Å². The molecule has 26 heavy (non-hydrogen) atoms. The van der Waals surface area contributed by atoms with Crippen molar-refractivity contribution in [1.82, 2.24) is 0 Å². The molecular formula is C21H25N3O2. The van der Waals surface area contributed by atoms with Gasteiger partial charge in [-0.25, -0.2) is 0 Å². The fourth-order valence-corrected chi connectivity index (χ4v) is 3.40. The summed E-state index contributed by atoms with van der Waals surface area (Å²) in [6, 6.07) is 16.9. The molecule has 2 aromatic rings. The Morgan fingerprint density at radius 1 is 0.731 bits per heavy atom. The molecule has 0 atom stereocenters. The SMILES string of the molecule is C(=Nc1ccc(N2CCOCC2)cc1)c1ccccc1N1CCOCC1. The van der Waals surface area contributed by atoms with Crippen molar-refractivity contribution < 1.29 is 9.47 Å². The Kier molecular flexibility index (Phi) is 5.47. The van der Waals surface area contributed by atoms with Crippen molar-refractivity contribution >= 4 is 23.3 Å². The normalized spacial score (nSPS) is 18.5. The lowest BCUT2D eigenvalue weighted by Gasteiger charge is -2.30. The lowest BCUT2D eigenvalue weighted by Crippen LogP contribution is -2.36. The molecule has 2 fully saturated rings. The maximum absolute atomic E-state index is 5.46. The molecule has 5 heteroatoms. The summed E-state index contributed by atoms with van der Waals surface area (Å²) in [6.07, 6.45) is 1.97. The topological polar surface area (TPSA) is 37.3 Å². The van der Waals surface area contributed by atoms with Crippen LogP contribution in [0.4, 0.5) is 17.1 Å². The summed E-state index contributed by atoms with van der Waals surface area (Å²) in [7, 11) is 0. The van der Waals surface area contributed by atoms with Gasteiger partial charge in [-0.1, -0.05) is 18.2 Å². The molecule has 0 aliphatic carbocycles. The number of hydrogen-bond donors (Lipinski definition) is 0. The standard InChI is InChI=1S/C21H25N3O2/c1-2-4-21(24-11-15-26-16-12-24)18(3-1)17-22-19-5-7-20(8-6-19)23-9-13-25-14-10-23/h1-8,17H,9-16H2. The zero-order chi connectivity index (χ0) is 17.6. The Labute approximate surface area is 154 Å². The van der Waals surface area contributed by atoms with Gasteiger partial charge in [-0.2, -0.15) is 0 Å². The number of benzene rings is 2. The third-order valence-electron chi connectivity index (χ3n) is 4.87. The summed E-state index contributed by atoms with van der Waals surface area (Å²) >= 11 is 0. The monoisotopic (exact) mass is 351 g/mol. The van der Waals surface area contributed by atoms with Crippen LogP contribution in [0.3, 0.4) is 0 Å². The van der Waals surface area contributed by atoms with E-state index in [9.17, 15) is 0 Å². The van der Waals surface area contributed by atoms with Gasteiger partial charge in [0.25, 0.3) is 0 Å². The molecule has 0 amide bonds. The van der Waals surface area contributed by atoms with E-state index in [-0.39, 0.29) is 0 Å². The van der Waals surface area contributed by atoms with E-state index in [2.05, 4.69) is 58.3 Å². The van der Waals surface area contributed by atoms with E-state index in [1.54, 1.807) is 0 Å². The lowest BCUT2D eigenvalue weighted by molar-refractivity contribution is 0.122. The Hall–Kier alpha value is -2.37. The lowest BCUT2D eigenvalue weighted by atomic mass is 10.1. The average Bonchev–Trinajstić information content (AvgIpc) is 2.74. The molecular weight excluding hydrogens is 326 g/mol. The summed E-state index contributed by atoms with van der Waals surface area (Å²) in [6.45, 7) is 6.95. The minimum Gasteiger partial charge on any atom is -0.378 e. The Bertz CT molecular complexity index is 733. The van der Waals surface area contributed by atoms with E-state index < -0.39 is 0 Å². The highest BCUT2D eigenvalue weighted by atomic mass is 16.5. The van der Waals surface area contributed by atoms with Crippen LogP contribution in [0.15, 0.2) is 53.5 Å². The molecule has 2 aliphatic rings. The second-order valence-corrected chi connectivity index (χ2v) is 6.53. The maximum atomic E-state index is 5.46. The van der Waals surface area contributed by atoms with Crippen LogP contribution in [-0.4, -0.2) is 58.8 Å². The number of hydrogen-bond acceptors (Lipinski definition) is 5. The van der Waals surface area contributed by atoms with E-state index in [1.807, 2.05) is 6.21 Å². The number of morpholine rings is 2. The molecule has 0 N–H and O–H groups in total. The number of ether oxygens (including phenoxy) is 2. The van der Waals surface area contributed by atoms with Crippen molar-refractivity contribution in [3.05, 3.63) is 54.1 Å². The van der Waals surface area contributed by atoms with Gasteiger partial charge in [0.05, 0.1) is 32.1 Å². The Morgan fingerprint density at radius 2 is 1.35 bits per heavy atom. The molecule has 2 heterocycles. The third-order valence-corrected chi connectivity index (χ3v) is 4.87. The van der Waals surface area contributed by atoms with Crippen LogP contribution in [0, 0.1) is 0 Å². The van der Waals surface area contributed by atoms with Crippen LogP contribution >= 0.6 is 0 Å². The molecule has 5 nitrogen and oxygen atoms in total. The molecule has 0 radical (unpaired) electrons. The van der Waals surface area contributed by atoms with Crippen molar-refractivity contribution in [3.8, 4) is 0 Å². The van der Waals surface area contributed by atoms with Gasteiger partial charge in [0.1, 0.15) is 0 Å². The number of rotatable bonds is 4. The molecule has 0 bridgehead atoms. The van der Waals surface area contributed by atoms with Gasteiger partial charge >= 0.3 is 0 Å². The second kappa shape index (κ2) is 8.34. The summed E-state index contributed by atoms with van der Waals surface area (Å²) in [5.41, 5.74) is 4.58. The van der Waals surface area contributed by atoms with E-state index in [0.717, 1.165) is 63.9 Å². The smallest absolute Gasteiger partial charge is 0.0642 e. The zero-order valence-electron chi connectivity index (χ0n) is 15.0. The van der Waals surface area contributed by atoms with Gasteiger partial charge in [-0.15, -0.1) is 0 Å². The molecule has 2 aliphatic heterocycles. The van der Waals surface area contributed by atoms with Gasteiger partial charge < -0.3 is 19.3 Å². The van der Waals surface area contributed by atoms with Gasteiger partial charge in [0.2, 0.25) is 0 Å². The Balaban J connectivity index is 1.47. The van der Waals surface area contributed by atoms with Crippen LogP contribution in [0.1, 0.15) is 5.56 Å². The van der Waals surface area contributed by atoms with Crippen LogP contribution in [-0.2, 0) is 9.47 Å². The number of para-hydroxylation sites is 1. The van der Waals surface area contributed by atoms with E-state index in [1.165, 1.54) is 11.4 Å². The fraction of sp³-hybridized carbons (Fsp3) is 0.381. The average molecular weight is 351 g/mol. The highest BCUT2D eigenvalue weighted by Gasteiger charge is 2.13. The van der Waals surface area contributed by atoms with Gasteiger partial charge in [-0.3, -0.25) is 4.99 Å². The third kappa shape index (κ3) is 4.06. The number of nitrogens with zero attached hydrogens (tertiary/aromatic N) is 3. The first-order valence-corrected chi connectivity index (χ1v) is 9.29. The van der Waals surface area contributed by atoms with Gasteiger partial charge in [0, 0.05) is 49.3 Å². The van der Waals surface area contributed by atoms with E-state index >= 15 is 0 Å². The molecule has 4 rings (SSSR count). The fourth-order valence-electron chi connectivity index (χ4n) is 3.40. The highest BCUT2D eigenvalue weighted by Crippen LogP contribution is 2.23. The van der Waals surface area contributed by atoms with Crippen molar-refractivity contribution in [2.45, 2.75) is 0 Å². The first-order valence-electron chi connectivity index (χ1n) is 9.29. The van der Waals surface area contributed by atoms with Crippen LogP contribution in [0.5, 0.6) is 0 Å². The summed E-state index contributed by atoms with van der Waals surface area (Å²) < 4.78 is 10.9. The molecule has 136 valence electrons. The molecule has 0 saturated carbocycles. The van der Waals surface area contributed by atoms with Gasteiger partial charge in [0.15, 0.2) is 0 Å². The van der Waals surface area contributed by atoms with Gasteiger partial charge in [-0.05, 0) is 30.3 Å². The minimum absolute atomic E-state index is 0.786. The predicted molar refractivity (Wildman–Crippen MR) is 106 cm³/mol. The largest absolute Gasteiger partial charge is 0.378 e. The minimum atomic E-state index is 0.786. The molecule has 0 spiro atoms. The van der Waals surface area contributed by atoms with Crippen LogP contribution < -0.4 is 9.80 Å². The summed E-state index contributed by atoms with van der Waals surface area (Å²) in [5, 5.41) is 0. The number of anilines is 2. The van der Waals surface area contributed by atoms with Crippen LogP contribution in [0.2, 0.25) is 0 Å². The molecule has 2 aromatic carbocycles. The van der Waals surface area contributed by atoms with Crippen molar-refractivity contribution in [1.29, 1.82) is 0 Å².